The number of thiazole rings is 1. The Bertz CT molecular complexity index is 814. The van der Waals surface area contributed by atoms with Crippen molar-refractivity contribution < 1.29 is 14.4 Å². The van der Waals surface area contributed by atoms with Gasteiger partial charge in [0.15, 0.2) is 10.9 Å². The first kappa shape index (κ1) is 17.3. The first-order valence-electron chi connectivity index (χ1n) is 8.13. The van der Waals surface area contributed by atoms with Gasteiger partial charge in [-0.3, -0.25) is 19.7 Å². The Hall–Kier alpha value is -2.54. The van der Waals surface area contributed by atoms with E-state index in [4.69, 9.17) is 0 Å². The molecule has 1 aromatic carbocycles. The van der Waals surface area contributed by atoms with Crippen LogP contribution in [0.3, 0.4) is 0 Å². The van der Waals surface area contributed by atoms with Crippen molar-refractivity contribution in [2.45, 2.75) is 32.7 Å². The molecule has 0 saturated carbocycles. The van der Waals surface area contributed by atoms with Crippen LogP contribution in [0, 0.1) is 5.92 Å². The fourth-order valence-corrected chi connectivity index (χ4v) is 3.67. The summed E-state index contributed by atoms with van der Waals surface area (Å²) in [5, 5.41) is 5.95. The molecule has 6 nitrogen and oxygen atoms in total. The van der Waals surface area contributed by atoms with E-state index in [1.54, 1.807) is 24.3 Å². The molecule has 0 bridgehead atoms. The molecule has 1 heterocycles. The summed E-state index contributed by atoms with van der Waals surface area (Å²) in [4.78, 5) is 41.6. The summed E-state index contributed by atoms with van der Waals surface area (Å²) in [6.45, 7) is 3.77. The Morgan fingerprint density at radius 3 is 2.60 bits per heavy atom. The topological polar surface area (TPSA) is 88.2 Å². The second-order valence-electron chi connectivity index (χ2n) is 6.31. The van der Waals surface area contributed by atoms with Gasteiger partial charge in [0.2, 0.25) is 5.91 Å². The predicted molar refractivity (Wildman–Crippen MR) is 95.9 cm³/mol. The second kappa shape index (κ2) is 7.14. The van der Waals surface area contributed by atoms with E-state index in [0.717, 1.165) is 0 Å². The predicted octanol–water partition coefficient (Wildman–Crippen LogP) is 2.67. The quantitative estimate of drug-likeness (QED) is 0.880. The van der Waals surface area contributed by atoms with Gasteiger partial charge in [0.05, 0.1) is 16.5 Å². The number of hydrogen-bond acceptors (Lipinski definition) is 5. The molecule has 3 rings (SSSR count). The molecular weight excluding hydrogens is 338 g/mol. The molecule has 1 aromatic heterocycles. The number of carbonyl (C=O) groups is 3. The third kappa shape index (κ3) is 3.93. The minimum Gasteiger partial charge on any atom is -0.354 e. The van der Waals surface area contributed by atoms with E-state index in [0.29, 0.717) is 27.7 Å². The lowest BCUT2D eigenvalue weighted by Crippen LogP contribution is -2.39. The van der Waals surface area contributed by atoms with Gasteiger partial charge in [0.1, 0.15) is 0 Å². The highest BCUT2D eigenvalue weighted by Gasteiger charge is 2.33. The molecule has 0 aliphatic heterocycles. The zero-order chi connectivity index (χ0) is 18.0. The van der Waals surface area contributed by atoms with Gasteiger partial charge < -0.3 is 5.32 Å². The van der Waals surface area contributed by atoms with Crippen molar-refractivity contribution in [3.05, 3.63) is 46.5 Å². The Morgan fingerprint density at radius 2 is 1.92 bits per heavy atom. The number of anilines is 1. The highest BCUT2D eigenvalue weighted by molar-refractivity contribution is 7.17. The van der Waals surface area contributed by atoms with Crippen LogP contribution in [0.4, 0.5) is 5.13 Å². The van der Waals surface area contributed by atoms with E-state index in [-0.39, 0.29) is 30.1 Å². The molecule has 2 N–H and O–H groups in total. The molecule has 1 atom stereocenters. The van der Waals surface area contributed by atoms with Gasteiger partial charge in [-0.1, -0.05) is 29.5 Å². The van der Waals surface area contributed by atoms with Gasteiger partial charge >= 0.3 is 0 Å². The molecule has 130 valence electrons. The first-order valence-corrected chi connectivity index (χ1v) is 8.95. The van der Waals surface area contributed by atoms with Gasteiger partial charge in [-0.25, -0.2) is 4.98 Å². The summed E-state index contributed by atoms with van der Waals surface area (Å²) in [5.41, 5.74) is 1.12. The van der Waals surface area contributed by atoms with Crippen LogP contribution in [0.25, 0.3) is 0 Å². The molecule has 2 amide bonds. The monoisotopic (exact) mass is 357 g/mol. The Balaban J connectivity index is 1.74. The third-order valence-corrected chi connectivity index (χ3v) is 4.93. The number of benzene rings is 1. The lowest BCUT2D eigenvalue weighted by Gasteiger charge is -2.20. The summed E-state index contributed by atoms with van der Waals surface area (Å²) in [6.07, 6.45) is 0.594. The van der Waals surface area contributed by atoms with Crippen molar-refractivity contribution in [2.75, 3.05) is 5.32 Å². The number of fused-ring (bicyclic) bond motifs is 1. The highest BCUT2D eigenvalue weighted by atomic mass is 32.1. The molecule has 0 radical (unpaired) electrons. The maximum Gasteiger partial charge on any atom is 0.257 e. The van der Waals surface area contributed by atoms with E-state index < -0.39 is 5.92 Å². The zero-order valence-electron chi connectivity index (χ0n) is 14.0. The second-order valence-corrected chi connectivity index (χ2v) is 7.31. The highest BCUT2D eigenvalue weighted by Crippen LogP contribution is 2.32. The average molecular weight is 357 g/mol. The summed E-state index contributed by atoms with van der Waals surface area (Å²) in [6, 6.07) is 8.84. The number of carbonyl (C=O) groups excluding carboxylic acids is 3. The smallest absolute Gasteiger partial charge is 0.257 e. The number of nitrogens with zero attached hydrogens (tertiary/aromatic N) is 1. The summed E-state index contributed by atoms with van der Waals surface area (Å²) in [7, 11) is 0. The number of amides is 2. The van der Waals surface area contributed by atoms with E-state index in [1.165, 1.54) is 11.3 Å². The van der Waals surface area contributed by atoms with E-state index in [1.807, 2.05) is 19.9 Å². The number of ketones is 1. The van der Waals surface area contributed by atoms with Gasteiger partial charge in [0.25, 0.3) is 5.91 Å². The van der Waals surface area contributed by atoms with Crippen LogP contribution in [0.2, 0.25) is 0 Å². The molecule has 0 spiro atoms. The van der Waals surface area contributed by atoms with Crippen LogP contribution in [0.5, 0.6) is 0 Å². The summed E-state index contributed by atoms with van der Waals surface area (Å²) in [5.74, 6) is -0.893. The Labute approximate surface area is 149 Å². The Kier molecular flexibility index (Phi) is 4.94. The van der Waals surface area contributed by atoms with Crippen molar-refractivity contribution in [1.82, 2.24) is 10.3 Å². The van der Waals surface area contributed by atoms with E-state index >= 15 is 0 Å². The molecule has 7 heteroatoms. The SMILES string of the molecule is CC(C)NC(=O)C1CC(=O)c2sc(NC(=O)c3ccccc3)nc2C1. The van der Waals surface area contributed by atoms with E-state index in [9.17, 15) is 14.4 Å². The van der Waals surface area contributed by atoms with Crippen molar-refractivity contribution in [2.24, 2.45) is 5.92 Å². The number of rotatable bonds is 4. The normalized spacial score (nSPS) is 16.4. The summed E-state index contributed by atoms with van der Waals surface area (Å²) >= 11 is 1.17. The van der Waals surface area contributed by atoms with Crippen LogP contribution in [-0.2, 0) is 11.2 Å². The van der Waals surface area contributed by atoms with Crippen LogP contribution in [0.1, 0.15) is 46.0 Å². The number of nitrogens with one attached hydrogen (secondary N) is 2. The Morgan fingerprint density at radius 1 is 1.20 bits per heavy atom. The van der Waals surface area contributed by atoms with Gasteiger partial charge in [-0.05, 0) is 26.0 Å². The largest absolute Gasteiger partial charge is 0.354 e. The maximum absolute atomic E-state index is 12.3. The minimum atomic E-state index is -0.401. The molecule has 1 unspecified atom stereocenters. The molecule has 0 saturated heterocycles. The van der Waals surface area contributed by atoms with Crippen LogP contribution in [0.15, 0.2) is 30.3 Å². The molecule has 2 aromatic rings. The molecule has 1 aliphatic carbocycles. The first-order chi connectivity index (χ1) is 11.9. The van der Waals surface area contributed by atoms with E-state index in [2.05, 4.69) is 15.6 Å². The fraction of sp³-hybridized carbons (Fsp3) is 0.333. The summed E-state index contributed by atoms with van der Waals surface area (Å²) < 4.78 is 0. The van der Waals surface area contributed by atoms with Gasteiger partial charge in [0, 0.05) is 24.4 Å². The number of Topliss-reactive ketones (excluding diaryl/α,β-unsaturated/α-hetero) is 1. The molecule has 0 fully saturated rings. The molecular formula is C18H19N3O3S. The number of aromatic nitrogens is 1. The van der Waals surface area contributed by atoms with Crippen molar-refractivity contribution in [3.8, 4) is 0 Å². The average Bonchev–Trinajstić information content (AvgIpc) is 2.98. The fourth-order valence-electron chi connectivity index (χ4n) is 2.73. The van der Waals surface area contributed by atoms with Gasteiger partial charge in [-0.2, -0.15) is 0 Å². The lowest BCUT2D eigenvalue weighted by atomic mass is 9.89. The van der Waals surface area contributed by atoms with Crippen LogP contribution >= 0.6 is 11.3 Å². The zero-order valence-corrected chi connectivity index (χ0v) is 14.9. The maximum atomic E-state index is 12.3. The van der Waals surface area contributed by atoms with Crippen molar-refractivity contribution in [1.29, 1.82) is 0 Å². The third-order valence-electron chi connectivity index (χ3n) is 3.88. The van der Waals surface area contributed by atoms with Crippen LogP contribution in [-0.4, -0.2) is 28.6 Å². The molecule has 1 aliphatic rings. The molecule has 25 heavy (non-hydrogen) atoms. The standard InChI is InChI=1S/C18H19N3O3S/c1-10(2)19-17(24)12-8-13-15(14(22)9-12)25-18(20-13)21-16(23)11-6-4-3-5-7-11/h3-7,10,12H,8-9H2,1-2H3,(H,19,24)(H,20,21,23). The minimum absolute atomic E-state index is 0.0279. The van der Waals surface area contributed by atoms with Crippen molar-refractivity contribution in [3.63, 3.8) is 0 Å². The van der Waals surface area contributed by atoms with Crippen LogP contribution < -0.4 is 10.6 Å². The van der Waals surface area contributed by atoms with Crippen molar-refractivity contribution >= 4 is 34.1 Å². The van der Waals surface area contributed by atoms with Gasteiger partial charge in [-0.15, -0.1) is 0 Å². The number of hydrogen-bond donors (Lipinski definition) is 2. The lowest BCUT2D eigenvalue weighted by molar-refractivity contribution is -0.125.